The summed E-state index contributed by atoms with van der Waals surface area (Å²) in [5.41, 5.74) is 0. The average Bonchev–Trinajstić information content (AvgIpc) is 2.56. The Morgan fingerprint density at radius 2 is 1.23 bits per heavy atom. The van der Waals surface area contributed by atoms with Crippen molar-refractivity contribution in [2.24, 2.45) is 0 Å². The van der Waals surface area contributed by atoms with Crippen LogP contribution in [0.5, 0.6) is 11.5 Å². The number of ether oxygens (including phenoxy) is 4. The second-order valence-electron chi connectivity index (χ2n) is 4.38. The van der Waals surface area contributed by atoms with E-state index in [0.29, 0.717) is 11.5 Å². The van der Waals surface area contributed by atoms with Gasteiger partial charge in [0.2, 0.25) is 0 Å². The van der Waals surface area contributed by atoms with Gasteiger partial charge in [-0.15, -0.1) is 0 Å². The number of hydrogen-bond donors (Lipinski definition) is 0. The smallest absolute Gasteiger partial charge is 0.343 e. The van der Waals surface area contributed by atoms with E-state index in [1.807, 2.05) is 24.3 Å². The van der Waals surface area contributed by atoms with Crippen molar-refractivity contribution in [3.63, 3.8) is 0 Å². The molecule has 116 valence electrons. The first kappa shape index (κ1) is 15.6. The molecule has 0 fully saturated rings. The van der Waals surface area contributed by atoms with Crippen LogP contribution in [0, 0.1) is 0 Å². The minimum atomic E-state index is -0.507. The third-order valence-electron chi connectivity index (χ3n) is 2.96. The molecule has 0 aromatic heterocycles. The number of hydrogen-bond acceptors (Lipinski definition) is 6. The van der Waals surface area contributed by atoms with Crippen molar-refractivity contribution in [2.75, 3.05) is 27.4 Å². The van der Waals surface area contributed by atoms with Crippen LogP contribution < -0.4 is 9.47 Å². The number of carbonyl (C=O) groups excluding carboxylic acids is 2. The van der Waals surface area contributed by atoms with Crippen molar-refractivity contribution < 1.29 is 28.5 Å². The highest BCUT2D eigenvalue weighted by Crippen LogP contribution is 2.32. The second kappa shape index (κ2) is 7.31. The fourth-order valence-corrected chi connectivity index (χ4v) is 1.82. The molecule has 0 heterocycles. The summed E-state index contributed by atoms with van der Waals surface area (Å²) in [5.74, 6) is -0.305. The van der Waals surface area contributed by atoms with Crippen molar-refractivity contribution in [1.29, 1.82) is 0 Å². The Kier molecular flexibility index (Phi) is 5.19. The Hall–Kier alpha value is -2.76. The van der Waals surface area contributed by atoms with E-state index in [1.54, 1.807) is 12.1 Å². The number of fused-ring (bicyclic) bond motifs is 1. The van der Waals surface area contributed by atoms with Crippen molar-refractivity contribution in [1.82, 2.24) is 0 Å². The van der Waals surface area contributed by atoms with Crippen LogP contribution in [0.4, 0.5) is 0 Å². The van der Waals surface area contributed by atoms with E-state index >= 15 is 0 Å². The molecule has 2 aromatic carbocycles. The number of benzene rings is 2. The van der Waals surface area contributed by atoms with E-state index in [-0.39, 0.29) is 13.2 Å². The first-order valence-electron chi connectivity index (χ1n) is 6.56. The van der Waals surface area contributed by atoms with Gasteiger partial charge < -0.3 is 18.9 Å². The minimum absolute atomic E-state index is 0.247. The van der Waals surface area contributed by atoms with Gasteiger partial charge in [-0.05, 0) is 22.9 Å². The van der Waals surface area contributed by atoms with Gasteiger partial charge >= 0.3 is 11.9 Å². The van der Waals surface area contributed by atoms with Gasteiger partial charge in [0.15, 0.2) is 24.7 Å². The molecule has 6 nitrogen and oxygen atoms in total. The monoisotopic (exact) mass is 304 g/mol. The van der Waals surface area contributed by atoms with E-state index in [2.05, 4.69) is 9.47 Å². The van der Waals surface area contributed by atoms with E-state index in [9.17, 15) is 9.59 Å². The zero-order valence-corrected chi connectivity index (χ0v) is 12.3. The van der Waals surface area contributed by atoms with Crippen LogP contribution in [0.1, 0.15) is 0 Å². The Labute approximate surface area is 127 Å². The lowest BCUT2D eigenvalue weighted by Crippen LogP contribution is -2.15. The lowest BCUT2D eigenvalue weighted by Gasteiger charge is -2.13. The van der Waals surface area contributed by atoms with Crippen molar-refractivity contribution >= 4 is 22.7 Å². The maximum atomic E-state index is 11.2. The molecule has 0 bridgehead atoms. The predicted octanol–water partition coefficient (Wildman–Crippen LogP) is 1.94. The predicted molar refractivity (Wildman–Crippen MR) is 79.0 cm³/mol. The largest absolute Gasteiger partial charge is 0.478 e. The summed E-state index contributed by atoms with van der Waals surface area (Å²) in [7, 11) is 2.56. The van der Waals surface area contributed by atoms with Crippen LogP contribution in [0.2, 0.25) is 0 Å². The molecule has 2 aromatic rings. The molecule has 22 heavy (non-hydrogen) atoms. The third kappa shape index (κ3) is 3.88. The maximum Gasteiger partial charge on any atom is 0.343 e. The van der Waals surface area contributed by atoms with Crippen LogP contribution in [-0.4, -0.2) is 39.4 Å². The van der Waals surface area contributed by atoms with Crippen molar-refractivity contribution in [3.8, 4) is 11.5 Å². The number of rotatable bonds is 6. The van der Waals surface area contributed by atoms with Gasteiger partial charge in [-0.25, -0.2) is 9.59 Å². The molecular formula is C16H16O6. The molecule has 2 rings (SSSR count). The normalized spacial score (nSPS) is 10.1. The molecule has 0 unspecified atom stereocenters. The van der Waals surface area contributed by atoms with E-state index in [0.717, 1.165) is 10.8 Å². The quantitative estimate of drug-likeness (QED) is 0.760. The number of methoxy groups -OCH3 is 2. The molecule has 0 aliphatic rings. The van der Waals surface area contributed by atoms with Crippen molar-refractivity contribution in [3.05, 3.63) is 36.4 Å². The van der Waals surface area contributed by atoms with Gasteiger partial charge in [-0.1, -0.05) is 24.3 Å². The van der Waals surface area contributed by atoms with Gasteiger partial charge in [-0.3, -0.25) is 0 Å². The zero-order chi connectivity index (χ0) is 15.9. The molecule has 0 radical (unpaired) electrons. The first-order chi connectivity index (χ1) is 10.6. The number of esters is 2. The van der Waals surface area contributed by atoms with E-state index in [1.165, 1.54) is 14.2 Å². The van der Waals surface area contributed by atoms with Crippen molar-refractivity contribution in [2.45, 2.75) is 0 Å². The fourth-order valence-electron chi connectivity index (χ4n) is 1.82. The summed E-state index contributed by atoms with van der Waals surface area (Å²) in [6.45, 7) is -0.493. The highest BCUT2D eigenvalue weighted by molar-refractivity contribution is 5.86. The lowest BCUT2D eigenvalue weighted by atomic mass is 10.1. The summed E-state index contributed by atoms with van der Waals surface area (Å²) in [4.78, 5) is 22.4. The minimum Gasteiger partial charge on any atom is -0.478 e. The molecule has 0 spiro atoms. The van der Waals surface area contributed by atoms with Crippen LogP contribution in [0.15, 0.2) is 36.4 Å². The standard InChI is InChI=1S/C16H16O6/c1-19-15(17)9-21-13-7-11-5-3-4-6-12(11)8-14(13)22-10-16(18)20-2/h3-8H,9-10H2,1-2H3. The van der Waals surface area contributed by atoms with Gasteiger partial charge in [0, 0.05) is 0 Å². The Morgan fingerprint density at radius 1 is 0.818 bits per heavy atom. The van der Waals surface area contributed by atoms with Crippen LogP contribution in [0.3, 0.4) is 0 Å². The topological polar surface area (TPSA) is 71.1 Å². The highest BCUT2D eigenvalue weighted by atomic mass is 16.6. The molecule has 0 atom stereocenters. The zero-order valence-electron chi connectivity index (χ0n) is 12.3. The Morgan fingerprint density at radius 3 is 1.59 bits per heavy atom. The maximum absolute atomic E-state index is 11.2. The summed E-state index contributed by atoms with van der Waals surface area (Å²) in [6.07, 6.45) is 0. The van der Waals surface area contributed by atoms with E-state index in [4.69, 9.17) is 9.47 Å². The van der Waals surface area contributed by atoms with Gasteiger partial charge in [0.05, 0.1) is 14.2 Å². The van der Waals surface area contributed by atoms with Crippen LogP contribution in [-0.2, 0) is 19.1 Å². The Bertz CT molecular complexity index is 621. The third-order valence-corrected chi connectivity index (χ3v) is 2.96. The Balaban J connectivity index is 2.27. The molecule has 0 saturated carbocycles. The van der Waals surface area contributed by atoms with Crippen LogP contribution >= 0.6 is 0 Å². The first-order valence-corrected chi connectivity index (χ1v) is 6.56. The summed E-state index contributed by atoms with van der Waals surface area (Å²) >= 11 is 0. The fraction of sp³-hybridized carbons (Fsp3) is 0.250. The SMILES string of the molecule is COC(=O)COc1cc2ccccc2cc1OCC(=O)OC. The summed E-state index contributed by atoms with van der Waals surface area (Å²) in [6, 6.07) is 11.1. The summed E-state index contributed by atoms with van der Waals surface area (Å²) < 4.78 is 19.9. The molecule has 0 N–H and O–H groups in total. The highest BCUT2D eigenvalue weighted by Gasteiger charge is 2.12. The molecule has 0 aliphatic carbocycles. The molecular weight excluding hydrogens is 288 g/mol. The van der Waals surface area contributed by atoms with E-state index < -0.39 is 11.9 Å². The van der Waals surface area contributed by atoms with Gasteiger partial charge in [0.1, 0.15) is 0 Å². The van der Waals surface area contributed by atoms with Gasteiger partial charge in [-0.2, -0.15) is 0 Å². The number of carbonyl (C=O) groups is 2. The summed E-state index contributed by atoms with van der Waals surface area (Å²) in [5, 5.41) is 1.85. The molecule has 0 amide bonds. The molecule has 0 aliphatic heterocycles. The molecule has 0 saturated heterocycles. The van der Waals surface area contributed by atoms with Gasteiger partial charge in [0.25, 0.3) is 0 Å². The average molecular weight is 304 g/mol. The molecule has 6 heteroatoms. The lowest BCUT2D eigenvalue weighted by molar-refractivity contribution is -0.144. The second-order valence-corrected chi connectivity index (χ2v) is 4.38. The van der Waals surface area contributed by atoms with Crippen LogP contribution in [0.25, 0.3) is 10.8 Å².